The quantitative estimate of drug-likeness (QED) is 0.214. The molecule has 0 unspecified atom stereocenters. The van der Waals surface area contributed by atoms with Gasteiger partial charge in [-0.1, -0.05) is 79.3 Å². The molecule has 192 valence electrons. The van der Waals surface area contributed by atoms with E-state index in [1.165, 1.54) is 65.6 Å². The second kappa shape index (κ2) is 15.8. The van der Waals surface area contributed by atoms with Crippen molar-refractivity contribution in [2.75, 3.05) is 20.2 Å². The van der Waals surface area contributed by atoms with Crippen LogP contribution in [0.5, 0.6) is 0 Å². The van der Waals surface area contributed by atoms with Crippen LogP contribution in [0.25, 0.3) is 16.6 Å². The minimum atomic E-state index is 0.853. The SMILES string of the molecule is CC/C=C(/NCCCCC1=CCCC=C1)c1ccccc1CNCCc1[nH]nc2ccccc12.CO. The zero-order chi connectivity index (χ0) is 25.4. The first-order valence-electron chi connectivity index (χ1n) is 13.3. The fourth-order valence-corrected chi connectivity index (χ4v) is 4.59. The molecule has 0 aliphatic heterocycles. The summed E-state index contributed by atoms with van der Waals surface area (Å²) in [7, 11) is 1.00. The van der Waals surface area contributed by atoms with Gasteiger partial charge in [-0.2, -0.15) is 5.10 Å². The number of H-pyrrole nitrogens is 1. The smallest absolute Gasteiger partial charge is 0.0923 e. The molecule has 2 aromatic carbocycles. The Bertz CT molecular complexity index is 1140. The first-order valence-corrected chi connectivity index (χ1v) is 13.3. The normalized spacial score (nSPS) is 13.3. The highest BCUT2D eigenvalue weighted by Crippen LogP contribution is 2.20. The van der Waals surface area contributed by atoms with Gasteiger partial charge in [0, 0.05) is 55.5 Å². The van der Waals surface area contributed by atoms with Crippen LogP contribution < -0.4 is 10.6 Å². The molecule has 36 heavy (non-hydrogen) atoms. The van der Waals surface area contributed by atoms with Crippen molar-refractivity contribution in [2.24, 2.45) is 0 Å². The van der Waals surface area contributed by atoms with Gasteiger partial charge in [0.05, 0.1) is 5.52 Å². The molecule has 3 aromatic rings. The highest BCUT2D eigenvalue weighted by atomic mass is 16.2. The minimum absolute atomic E-state index is 0.853. The summed E-state index contributed by atoms with van der Waals surface area (Å²) in [6.07, 6.45) is 17.3. The van der Waals surface area contributed by atoms with E-state index in [-0.39, 0.29) is 0 Å². The summed E-state index contributed by atoms with van der Waals surface area (Å²) in [5.74, 6) is 0. The molecule has 1 aromatic heterocycles. The number of nitrogens with zero attached hydrogens (tertiary/aromatic N) is 1. The van der Waals surface area contributed by atoms with E-state index in [0.29, 0.717) is 0 Å². The Morgan fingerprint density at radius 3 is 2.67 bits per heavy atom. The number of aromatic nitrogens is 2. The Balaban J connectivity index is 0.00000176. The minimum Gasteiger partial charge on any atom is -0.400 e. The van der Waals surface area contributed by atoms with Gasteiger partial charge in [0.15, 0.2) is 0 Å². The van der Waals surface area contributed by atoms with Crippen LogP contribution in [0.1, 0.15) is 62.3 Å². The van der Waals surface area contributed by atoms with Crippen molar-refractivity contribution in [3.8, 4) is 0 Å². The Morgan fingerprint density at radius 1 is 1.00 bits per heavy atom. The first-order chi connectivity index (χ1) is 17.8. The van der Waals surface area contributed by atoms with Gasteiger partial charge in [-0.25, -0.2) is 0 Å². The maximum Gasteiger partial charge on any atom is 0.0923 e. The Labute approximate surface area is 216 Å². The van der Waals surface area contributed by atoms with E-state index in [1.54, 1.807) is 0 Å². The summed E-state index contributed by atoms with van der Waals surface area (Å²) in [5.41, 5.74) is 7.65. The van der Waals surface area contributed by atoms with Gasteiger partial charge in [0.2, 0.25) is 0 Å². The summed E-state index contributed by atoms with van der Waals surface area (Å²) in [6.45, 7) is 4.98. The number of allylic oxidation sites excluding steroid dienone is 5. The van der Waals surface area contributed by atoms with E-state index in [9.17, 15) is 0 Å². The maximum atomic E-state index is 7.00. The predicted molar refractivity (Wildman–Crippen MR) is 153 cm³/mol. The van der Waals surface area contributed by atoms with Crippen LogP contribution in [0.2, 0.25) is 0 Å². The van der Waals surface area contributed by atoms with Gasteiger partial charge >= 0.3 is 0 Å². The number of aromatic amines is 1. The number of unbranched alkanes of at least 4 members (excludes halogenated alkanes) is 1. The Hall–Kier alpha value is -3.15. The lowest BCUT2D eigenvalue weighted by Crippen LogP contribution is -2.20. The topological polar surface area (TPSA) is 73.0 Å². The van der Waals surface area contributed by atoms with Crippen molar-refractivity contribution in [3.05, 3.63) is 95.2 Å². The fraction of sp³-hybridized carbons (Fsp3) is 0.387. The Morgan fingerprint density at radius 2 is 1.83 bits per heavy atom. The number of nitrogens with one attached hydrogen (secondary N) is 3. The van der Waals surface area contributed by atoms with Gasteiger partial charge in [-0.05, 0) is 50.2 Å². The molecular formula is C31H42N4O. The average molecular weight is 487 g/mol. The molecule has 5 nitrogen and oxygen atoms in total. The van der Waals surface area contributed by atoms with Gasteiger partial charge in [0.25, 0.3) is 0 Å². The standard InChI is InChI=1S/C30H38N4.CH4O/c1-2-12-28(32-21-11-10-15-24-13-4-3-5-14-24)26-17-7-6-16-25(26)23-31-22-20-30-27-18-8-9-19-29(27)33-34-30;1-2/h4,6-9,12-14,16-19,31-32H,2-3,5,10-11,15,20-23H2,1H3,(H,33,34);2H,1H3/b28-12+;. The van der Waals surface area contributed by atoms with E-state index in [0.717, 1.165) is 45.1 Å². The molecule has 1 heterocycles. The number of rotatable bonds is 13. The molecule has 0 amide bonds. The molecule has 0 atom stereocenters. The molecule has 0 spiro atoms. The highest BCUT2D eigenvalue weighted by molar-refractivity contribution is 5.81. The summed E-state index contributed by atoms with van der Waals surface area (Å²) in [4.78, 5) is 0. The van der Waals surface area contributed by atoms with Crippen LogP contribution >= 0.6 is 0 Å². The molecule has 4 rings (SSSR count). The first kappa shape index (κ1) is 27.4. The van der Waals surface area contributed by atoms with E-state index in [1.807, 2.05) is 6.07 Å². The predicted octanol–water partition coefficient (Wildman–Crippen LogP) is 6.29. The molecule has 0 saturated carbocycles. The van der Waals surface area contributed by atoms with Gasteiger partial charge < -0.3 is 15.7 Å². The number of aliphatic hydroxyl groups is 1. The van der Waals surface area contributed by atoms with E-state index < -0.39 is 0 Å². The zero-order valence-corrected chi connectivity index (χ0v) is 21.9. The third-order valence-electron chi connectivity index (χ3n) is 6.40. The van der Waals surface area contributed by atoms with Crippen molar-refractivity contribution in [1.29, 1.82) is 0 Å². The second-order valence-corrected chi connectivity index (χ2v) is 8.97. The van der Waals surface area contributed by atoms with Crippen LogP contribution in [0, 0.1) is 0 Å². The molecule has 4 N–H and O–H groups in total. The van der Waals surface area contributed by atoms with Crippen LogP contribution in [-0.4, -0.2) is 35.5 Å². The summed E-state index contributed by atoms with van der Waals surface area (Å²) < 4.78 is 0. The molecule has 1 aliphatic rings. The number of aliphatic hydroxyl groups excluding tert-OH is 1. The lowest BCUT2D eigenvalue weighted by molar-refractivity contribution is 0.399. The van der Waals surface area contributed by atoms with Crippen molar-refractivity contribution in [3.63, 3.8) is 0 Å². The molecule has 0 bridgehead atoms. The molecule has 0 radical (unpaired) electrons. The van der Waals surface area contributed by atoms with Gasteiger partial charge in [-0.15, -0.1) is 0 Å². The zero-order valence-electron chi connectivity index (χ0n) is 21.9. The lowest BCUT2D eigenvalue weighted by atomic mass is 10.0. The van der Waals surface area contributed by atoms with Crippen LogP contribution in [-0.2, 0) is 13.0 Å². The Kier molecular flexibility index (Phi) is 12.0. The third-order valence-corrected chi connectivity index (χ3v) is 6.40. The van der Waals surface area contributed by atoms with Crippen molar-refractivity contribution in [2.45, 2.75) is 58.4 Å². The third kappa shape index (κ3) is 8.21. The van der Waals surface area contributed by atoms with E-state index in [2.05, 4.69) is 94.5 Å². The van der Waals surface area contributed by atoms with E-state index in [4.69, 9.17) is 5.11 Å². The molecule has 5 heteroatoms. The van der Waals surface area contributed by atoms with Crippen LogP contribution in [0.15, 0.2) is 78.4 Å². The molecule has 0 fully saturated rings. The fourth-order valence-electron chi connectivity index (χ4n) is 4.59. The number of benzene rings is 2. The monoisotopic (exact) mass is 486 g/mol. The largest absolute Gasteiger partial charge is 0.400 e. The summed E-state index contributed by atoms with van der Waals surface area (Å²) in [6, 6.07) is 17.1. The molecule has 0 saturated heterocycles. The maximum absolute atomic E-state index is 7.00. The van der Waals surface area contributed by atoms with Crippen molar-refractivity contribution >= 4 is 16.6 Å². The number of para-hydroxylation sites is 1. The lowest BCUT2D eigenvalue weighted by Gasteiger charge is -2.16. The number of hydrogen-bond donors (Lipinski definition) is 4. The van der Waals surface area contributed by atoms with Crippen LogP contribution in [0.4, 0.5) is 0 Å². The van der Waals surface area contributed by atoms with Gasteiger partial charge in [0.1, 0.15) is 0 Å². The van der Waals surface area contributed by atoms with Crippen LogP contribution in [0.3, 0.4) is 0 Å². The molecular weight excluding hydrogens is 444 g/mol. The summed E-state index contributed by atoms with van der Waals surface area (Å²) >= 11 is 0. The van der Waals surface area contributed by atoms with Crippen molar-refractivity contribution in [1.82, 2.24) is 20.8 Å². The number of fused-ring (bicyclic) bond motifs is 1. The summed E-state index contributed by atoms with van der Waals surface area (Å²) in [5, 5.41) is 23.2. The second-order valence-electron chi connectivity index (χ2n) is 8.97. The van der Waals surface area contributed by atoms with E-state index >= 15 is 0 Å². The number of hydrogen-bond acceptors (Lipinski definition) is 4. The average Bonchev–Trinajstić information content (AvgIpc) is 3.35. The van der Waals surface area contributed by atoms with Gasteiger partial charge in [-0.3, -0.25) is 5.10 Å². The highest BCUT2D eigenvalue weighted by Gasteiger charge is 2.08. The van der Waals surface area contributed by atoms with Crippen molar-refractivity contribution < 1.29 is 5.11 Å². The molecule has 1 aliphatic carbocycles.